The van der Waals surface area contributed by atoms with Gasteiger partial charge in [-0.25, -0.2) is 9.97 Å². The molecule has 2 unspecified atom stereocenters. The molecule has 262 valence electrons. The molecule has 8 rings (SSSR count). The summed E-state index contributed by atoms with van der Waals surface area (Å²) in [6.07, 6.45) is 4.87. The monoisotopic (exact) mass is 693 g/mol. The van der Waals surface area contributed by atoms with Crippen LogP contribution in [-0.2, 0) is 17.9 Å². The van der Waals surface area contributed by atoms with Crippen LogP contribution in [0, 0.1) is 31.1 Å². The zero-order valence-corrected chi connectivity index (χ0v) is 29.1. The molecule has 0 saturated carbocycles. The number of aliphatic hydroxyl groups excluding tert-OH is 1. The van der Waals surface area contributed by atoms with Crippen LogP contribution in [-0.4, -0.2) is 73.2 Å². The molecule has 3 aromatic heterocycles. The second kappa shape index (κ2) is 13.8. The van der Waals surface area contributed by atoms with Gasteiger partial charge in [-0.2, -0.15) is 5.26 Å². The minimum absolute atomic E-state index is 0.254. The number of aliphatic carboxylic acids is 1. The van der Waals surface area contributed by atoms with Gasteiger partial charge >= 0.3 is 5.97 Å². The molecule has 2 fully saturated rings. The third-order valence-electron chi connectivity index (χ3n) is 10.4. The summed E-state index contributed by atoms with van der Waals surface area (Å²) in [4.78, 5) is 30.1. The van der Waals surface area contributed by atoms with Crippen LogP contribution < -0.4 is 5.32 Å². The van der Waals surface area contributed by atoms with Crippen molar-refractivity contribution in [1.29, 1.82) is 5.26 Å². The van der Waals surface area contributed by atoms with E-state index >= 15 is 0 Å². The molecule has 0 bridgehead atoms. The van der Waals surface area contributed by atoms with E-state index in [9.17, 15) is 20.3 Å². The van der Waals surface area contributed by atoms with E-state index in [-0.39, 0.29) is 12.0 Å². The predicted molar refractivity (Wildman–Crippen MR) is 199 cm³/mol. The molecule has 0 spiro atoms. The summed E-state index contributed by atoms with van der Waals surface area (Å²) in [7, 11) is 0. The number of hydrogen-bond donors (Lipinski definition) is 3. The summed E-state index contributed by atoms with van der Waals surface area (Å²) in [6, 6.07) is 22.4. The molecule has 6 aromatic rings. The van der Waals surface area contributed by atoms with E-state index in [2.05, 4.69) is 58.2 Å². The van der Waals surface area contributed by atoms with Crippen molar-refractivity contribution in [3.8, 4) is 28.7 Å². The molecule has 2 saturated heterocycles. The molecule has 2 atom stereocenters. The average Bonchev–Trinajstić information content (AvgIpc) is 3.89. The van der Waals surface area contributed by atoms with Crippen LogP contribution in [0.25, 0.3) is 44.6 Å². The van der Waals surface area contributed by atoms with Gasteiger partial charge in [0.1, 0.15) is 17.1 Å². The number of fused-ring (bicyclic) bond motifs is 2. The largest absolute Gasteiger partial charge is 0.481 e. The molecule has 11 nitrogen and oxygen atoms in total. The molecule has 0 aliphatic carbocycles. The van der Waals surface area contributed by atoms with Gasteiger partial charge in [0.15, 0.2) is 11.4 Å². The molecule has 52 heavy (non-hydrogen) atoms. The van der Waals surface area contributed by atoms with Crippen LogP contribution in [0.3, 0.4) is 0 Å². The highest BCUT2D eigenvalue weighted by atomic mass is 16.4. The molecule has 0 radical (unpaired) electrons. The van der Waals surface area contributed by atoms with Crippen molar-refractivity contribution >= 4 is 39.5 Å². The Morgan fingerprint density at radius 1 is 0.942 bits per heavy atom. The Balaban J connectivity index is 1.07. The summed E-state index contributed by atoms with van der Waals surface area (Å²) in [5.41, 5.74) is 10.1. The first-order chi connectivity index (χ1) is 25.2. The Bertz CT molecular complexity index is 2380. The number of oxazole rings is 1. The van der Waals surface area contributed by atoms with Crippen molar-refractivity contribution in [3.63, 3.8) is 0 Å². The number of carboxylic acid groups (broad SMARTS) is 1. The van der Waals surface area contributed by atoms with Crippen molar-refractivity contribution in [2.24, 2.45) is 5.92 Å². The highest BCUT2D eigenvalue weighted by molar-refractivity contribution is 5.91. The average molecular weight is 694 g/mol. The number of carboxylic acids is 1. The molecular formula is C41H39N7O4. The molecule has 3 aromatic carbocycles. The van der Waals surface area contributed by atoms with Crippen LogP contribution in [0.15, 0.2) is 77.5 Å². The first-order valence-corrected chi connectivity index (χ1v) is 17.6. The number of nitrogens with zero attached hydrogens (tertiary/aromatic N) is 6. The minimum Gasteiger partial charge on any atom is -0.481 e. The molecule has 5 heterocycles. The number of anilines is 2. The van der Waals surface area contributed by atoms with Crippen molar-refractivity contribution < 1.29 is 19.4 Å². The van der Waals surface area contributed by atoms with E-state index in [1.807, 2.05) is 48.7 Å². The van der Waals surface area contributed by atoms with E-state index in [0.717, 1.165) is 75.0 Å². The quantitative estimate of drug-likeness (QED) is 0.146. The van der Waals surface area contributed by atoms with E-state index in [1.54, 1.807) is 6.20 Å². The summed E-state index contributed by atoms with van der Waals surface area (Å²) in [5, 5.41) is 33.9. The predicted octanol–water partition coefficient (Wildman–Crippen LogP) is 6.81. The summed E-state index contributed by atoms with van der Waals surface area (Å²) in [5.74, 6) is -0.0155. The molecule has 0 amide bonds. The lowest BCUT2D eigenvalue weighted by Gasteiger charge is -2.17. The first kappa shape index (κ1) is 33.5. The molecule has 11 heteroatoms. The second-order valence-electron chi connectivity index (χ2n) is 14.0. The standard InChI is InChI=1S/C41H39N7O4/c1-24-32(5-3-7-34(24)40-46-36-17-26(15-30(18-42)38(36)52-40)20-47-13-10-29(22-47)41(50)51)33-6-4-8-35(25(33)2)45-39-37-28(9-12-43-39)16-27(19-44-37)21-48-14-11-31(49)23-48/h3-9,12,15-17,19,29,31,49H,10-11,13-14,20-23H2,1-2H3,(H,43,45)(H,50,51). The van der Waals surface area contributed by atoms with E-state index in [1.165, 1.54) is 0 Å². The van der Waals surface area contributed by atoms with Crippen LogP contribution in [0.2, 0.25) is 0 Å². The second-order valence-corrected chi connectivity index (χ2v) is 14.0. The molecular weight excluding hydrogens is 654 g/mol. The van der Waals surface area contributed by atoms with Crippen LogP contribution in [0.5, 0.6) is 0 Å². The maximum atomic E-state index is 11.5. The number of nitriles is 1. The number of pyridine rings is 2. The number of carbonyl (C=O) groups is 1. The zero-order chi connectivity index (χ0) is 35.9. The van der Waals surface area contributed by atoms with Gasteiger partial charge in [-0.05, 0) is 103 Å². The van der Waals surface area contributed by atoms with Gasteiger partial charge in [-0.3, -0.25) is 19.6 Å². The topological polar surface area (TPSA) is 152 Å². The lowest BCUT2D eigenvalue weighted by Crippen LogP contribution is -2.22. The maximum Gasteiger partial charge on any atom is 0.307 e. The Hall–Kier alpha value is -5.67. The maximum absolute atomic E-state index is 11.5. The van der Waals surface area contributed by atoms with Crippen LogP contribution >= 0.6 is 0 Å². The van der Waals surface area contributed by atoms with E-state index in [0.29, 0.717) is 61.0 Å². The van der Waals surface area contributed by atoms with Crippen LogP contribution in [0.4, 0.5) is 11.5 Å². The van der Waals surface area contributed by atoms with E-state index < -0.39 is 5.97 Å². The van der Waals surface area contributed by atoms with E-state index in [4.69, 9.17) is 14.4 Å². The first-order valence-electron chi connectivity index (χ1n) is 17.6. The van der Waals surface area contributed by atoms with Gasteiger partial charge in [0, 0.05) is 61.8 Å². The smallest absolute Gasteiger partial charge is 0.307 e. The fourth-order valence-electron chi connectivity index (χ4n) is 7.66. The van der Waals surface area contributed by atoms with Gasteiger partial charge < -0.3 is 19.9 Å². The van der Waals surface area contributed by atoms with Gasteiger partial charge in [0.25, 0.3) is 0 Å². The highest BCUT2D eigenvalue weighted by Gasteiger charge is 2.28. The minimum atomic E-state index is -0.767. The number of likely N-dealkylation sites (tertiary alicyclic amines) is 2. The van der Waals surface area contributed by atoms with Crippen molar-refractivity contribution in [2.45, 2.75) is 45.9 Å². The van der Waals surface area contributed by atoms with Gasteiger partial charge in [0.05, 0.1) is 17.6 Å². The van der Waals surface area contributed by atoms with Crippen molar-refractivity contribution in [3.05, 3.63) is 101 Å². The van der Waals surface area contributed by atoms with Crippen LogP contribution in [0.1, 0.15) is 40.7 Å². The molecule has 2 aliphatic rings. The Morgan fingerprint density at radius 2 is 1.69 bits per heavy atom. The lowest BCUT2D eigenvalue weighted by atomic mass is 9.93. The number of benzene rings is 3. The summed E-state index contributed by atoms with van der Waals surface area (Å²) < 4.78 is 6.28. The van der Waals surface area contributed by atoms with Crippen molar-refractivity contribution in [2.75, 3.05) is 31.5 Å². The third kappa shape index (κ3) is 6.48. The summed E-state index contributed by atoms with van der Waals surface area (Å²) >= 11 is 0. The third-order valence-corrected chi connectivity index (χ3v) is 10.4. The molecule has 2 aliphatic heterocycles. The number of aliphatic hydroxyl groups is 1. The Labute approximate surface area is 301 Å². The lowest BCUT2D eigenvalue weighted by molar-refractivity contribution is -0.141. The fourth-order valence-corrected chi connectivity index (χ4v) is 7.66. The molecule has 3 N–H and O–H groups in total. The Kier molecular flexibility index (Phi) is 8.89. The number of hydrogen-bond acceptors (Lipinski definition) is 10. The number of nitrogens with one attached hydrogen (secondary N) is 1. The SMILES string of the molecule is Cc1c(Nc2nccc3cc(CN4CCC(O)C4)cnc23)cccc1-c1cccc(-c2nc3cc(CN4CCC(C(=O)O)C4)cc(C#N)c3o2)c1C. The Morgan fingerprint density at radius 3 is 2.46 bits per heavy atom. The number of aromatic nitrogens is 3. The normalized spacial score (nSPS) is 18.0. The van der Waals surface area contributed by atoms with Gasteiger partial charge in [0.2, 0.25) is 5.89 Å². The number of β-amino-alcohol motifs (C(OH)–C–C–N with tert-alkyl or cyclic N) is 1. The fraction of sp³-hybridized carbons (Fsp3) is 0.293. The zero-order valence-electron chi connectivity index (χ0n) is 29.1. The summed E-state index contributed by atoms with van der Waals surface area (Å²) in [6.45, 7) is 8.21. The number of rotatable bonds is 9. The van der Waals surface area contributed by atoms with Gasteiger partial charge in [-0.15, -0.1) is 0 Å². The van der Waals surface area contributed by atoms with Gasteiger partial charge in [-0.1, -0.05) is 24.3 Å². The van der Waals surface area contributed by atoms with Crippen molar-refractivity contribution in [1.82, 2.24) is 24.8 Å². The highest BCUT2D eigenvalue weighted by Crippen LogP contribution is 2.38.